The predicted octanol–water partition coefficient (Wildman–Crippen LogP) is 5.03. The van der Waals surface area contributed by atoms with Gasteiger partial charge >= 0.3 is 0 Å². The molecule has 1 amide bonds. The minimum atomic E-state index is -0.293. The van der Waals surface area contributed by atoms with Crippen LogP contribution >= 0.6 is 17.0 Å². The van der Waals surface area contributed by atoms with Crippen LogP contribution in [-0.4, -0.2) is 48.7 Å². The molecule has 3 aliphatic rings. The van der Waals surface area contributed by atoms with E-state index < -0.39 is 0 Å². The number of ether oxygens (including phenoxy) is 1. The molecule has 0 aliphatic carbocycles. The van der Waals surface area contributed by atoms with Crippen LogP contribution in [0.1, 0.15) is 48.4 Å². The average Bonchev–Trinajstić information content (AvgIpc) is 3.45. The summed E-state index contributed by atoms with van der Waals surface area (Å²) in [6.45, 7) is 4.56. The number of amides is 1. The quantitative estimate of drug-likeness (QED) is 0.419. The van der Waals surface area contributed by atoms with E-state index in [9.17, 15) is 9.18 Å². The van der Waals surface area contributed by atoms with Crippen LogP contribution in [0.4, 0.5) is 10.1 Å². The van der Waals surface area contributed by atoms with Crippen molar-refractivity contribution in [3.63, 3.8) is 0 Å². The summed E-state index contributed by atoms with van der Waals surface area (Å²) in [6.07, 6.45) is 5.39. The third-order valence-electron chi connectivity index (χ3n) is 7.35. The molecule has 0 bridgehead atoms. The number of carbonyl (C=O) groups excluding carboxylic acids is 1. The van der Waals surface area contributed by atoms with Crippen molar-refractivity contribution in [3.8, 4) is 5.75 Å². The molecule has 0 unspecified atom stereocenters. The number of aromatic nitrogens is 1. The van der Waals surface area contributed by atoms with Gasteiger partial charge < -0.3 is 19.1 Å². The molecule has 1 fully saturated rings. The number of anilines is 1. The fourth-order valence-electron chi connectivity index (χ4n) is 5.64. The Balaban J connectivity index is 0.00000241. The van der Waals surface area contributed by atoms with Crippen LogP contribution in [0.3, 0.4) is 0 Å². The Hall–Kier alpha value is -2.45. The van der Waals surface area contributed by atoms with Crippen LogP contribution in [0.2, 0.25) is 0 Å². The molecule has 6 nitrogen and oxygen atoms in total. The Kier molecular flexibility index (Phi) is 6.62. The van der Waals surface area contributed by atoms with E-state index in [4.69, 9.17) is 9.26 Å². The van der Waals surface area contributed by atoms with Gasteiger partial charge in [0, 0.05) is 36.9 Å². The molecule has 1 saturated heterocycles. The van der Waals surface area contributed by atoms with Crippen LogP contribution in [0, 0.1) is 5.82 Å². The molecule has 3 aromatic rings. The molecule has 8 heteroatoms. The zero-order chi connectivity index (χ0) is 22.4. The van der Waals surface area contributed by atoms with Crippen molar-refractivity contribution in [3.05, 3.63) is 53.0 Å². The smallest absolute Gasteiger partial charge is 0.227 e. The lowest BCUT2D eigenvalue weighted by atomic mass is 9.91. The molecule has 0 saturated carbocycles. The summed E-state index contributed by atoms with van der Waals surface area (Å²) in [5.74, 6) is 1.26. The van der Waals surface area contributed by atoms with Gasteiger partial charge in [-0.3, -0.25) is 4.79 Å². The van der Waals surface area contributed by atoms with E-state index >= 15 is 0 Å². The van der Waals surface area contributed by atoms with E-state index in [1.807, 2.05) is 4.90 Å². The third-order valence-corrected chi connectivity index (χ3v) is 7.35. The number of benzene rings is 2. The molecule has 180 valence electrons. The monoisotopic (exact) mass is 529 g/mol. The van der Waals surface area contributed by atoms with Crippen molar-refractivity contribution in [2.24, 2.45) is 0 Å². The second-order valence-electron chi connectivity index (χ2n) is 9.41. The lowest BCUT2D eigenvalue weighted by Crippen LogP contribution is -2.34. The first-order chi connectivity index (χ1) is 16.2. The second kappa shape index (κ2) is 9.66. The van der Waals surface area contributed by atoms with Crippen LogP contribution < -0.4 is 9.64 Å². The van der Waals surface area contributed by atoms with E-state index in [2.05, 4.69) is 22.2 Å². The molecule has 6 rings (SSSR count). The lowest BCUT2D eigenvalue weighted by molar-refractivity contribution is -0.118. The van der Waals surface area contributed by atoms with E-state index in [1.165, 1.54) is 23.3 Å². The summed E-state index contributed by atoms with van der Waals surface area (Å²) in [6, 6.07) is 8.92. The maximum absolute atomic E-state index is 13.4. The number of hydrogen-bond acceptors (Lipinski definition) is 5. The maximum atomic E-state index is 13.4. The number of carbonyl (C=O) groups is 1. The van der Waals surface area contributed by atoms with Gasteiger partial charge in [0.25, 0.3) is 0 Å². The SMILES string of the molecule is Br.O=C1CCc2cc(OCCCN3CCC(c4noc5cc(F)ccc45)CC3)cc3c2N1CC3. The first-order valence-corrected chi connectivity index (χ1v) is 12.0. The molecule has 2 aromatic carbocycles. The van der Waals surface area contributed by atoms with Gasteiger partial charge in [-0.15, -0.1) is 17.0 Å². The standard InChI is InChI=1S/C26H28FN3O3.BrH/c27-20-3-4-22-23(16-20)33-28-25(22)17-6-10-29(11-7-17)9-1-13-32-21-14-18-2-5-24(31)30-12-8-19(15-21)26(18)30;/h3-4,14-17H,1-2,5-13H2;1H. The number of nitrogens with zero attached hydrogens (tertiary/aromatic N) is 3. The number of fused-ring (bicyclic) bond motifs is 1. The van der Waals surface area contributed by atoms with Gasteiger partial charge in [0.2, 0.25) is 5.91 Å². The van der Waals surface area contributed by atoms with Crippen LogP contribution in [-0.2, 0) is 17.6 Å². The number of aryl methyl sites for hydroxylation is 1. The fraction of sp³-hybridized carbons (Fsp3) is 0.462. The zero-order valence-corrected chi connectivity index (χ0v) is 20.8. The minimum absolute atomic E-state index is 0. The summed E-state index contributed by atoms with van der Waals surface area (Å²) in [7, 11) is 0. The lowest BCUT2D eigenvalue weighted by Gasteiger charge is -2.31. The Morgan fingerprint density at radius 1 is 1.06 bits per heavy atom. The van der Waals surface area contributed by atoms with Crippen LogP contribution in [0.15, 0.2) is 34.9 Å². The van der Waals surface area contributed by atoms with E-state index in [0.717, 1.165) is 80.8 Å². The predicted molar refractivity (Wildman–Crippen MR) is 134 cm³/mol. The molecular formula is C26H29BrFN3O3. The summed E-state index contributed by atoms with van der Waals surface area (Å²) in [5, 5.41) is 5.18. The summed E-state index contributed by atoms with van der Waals surface area (Å²) >= 11 is 0. The van der Waals surface area contributed by atoms with Crippen molar-refractivity contribution in [2.45, 2.75) is 44.4 Å². The number of halogens is 2. The largest absolute Gasteiger partial charge is 0.494 e. The van der Waals surface area contributed by atoms with Gasteiger partial charge in [-0.1, -0.05) is 5.16 Å². The van der Waals surface area contributed by atoms with Crippen molar-refractivity contribution in [1.82, 2.24) is 10.1 Å². The van der Waals surface area contributed by atoms with Gasteiger partial charge in [0.15, 0.2) is 5.58 Å². The number of likely N-dealkylation sites (tertiary alicyclic amines) is 1. The van der Waals surface area contributed by atoms with Gasteiger partial charge in [-0.25, -0.2) is 4.39 Å². The van der Waals surface area contributed by atoms with E-state index in [1.54, 1.807) is 6.07 Å². The van der Waals surface area contributed by atoms with Gasteiger partial charge in [0.05, 0.1) is 18.0 Å². The highest BCUT2D eigenvalue weighted by atomic mass is 79.9. The topological polar surface area (TPSA) is 58.8 Å². The molecule has 0 N–H and O–H groups in total. The van der Waals surface area contributed by atoms with Gasteiger partial charge in [-0.05, 0) is 80.6 Å². The number of hydrogen-bond donors (Lipinski definition) is 0. The highest BCUT2D eigenvalue weighted by molar-refractivity contribution is 8.93. The highest BCUT2D eigenvalue weighted by Gasteiger charge is 2.31. The Morgan fingerprint density at radius 3 is 2.68 bits per heavy atom. The molecule has 0 spiro atoms. The molecular weight excluding hydrogens is 501 g/mol. The maximum Gasteiger partial charge on any atom is 0.227 e. The Labute approximate surface area is 208 Å². The number of piperidine rings is 1. The van der Waals surface area contributed by atoms with Crippen LogP contribution in [0.5, 0.6) is 5.75 Å². The minimum Gasteiger partial charge on any atom is -0.494 e. The van der Waals surface area contributed by atoms with E-state index in [0.29, 0.717) is 24.5 Å². The van der Waals surface area contributed by atoms with E-state index in [-0.39, 0.29) is 28.7 Å². The van der Waals surface area contributed by atoms with Crippen molar-refractivity contribution < 1.29 is 18.4 Å². The summed E-state index contributed by atoms with van der Waals surface area (Å²) < 4.78 is 24.9. The Bertz CT molecular complexity index is 1210. The molecule has 0 radical (unpaired) electrons. The van der Waals surface area contributed by atoms with Crippen molar-refractivity contribution >= 4 is 39.5 Å². The summed E-state index contributed by atoms with van der Waals surface area (Å²) in [4.78, 5) is 16.5. The first-order valence-electron chi connectivity index (χ1n) is 12.0. The fourth-order valence-corrected chi connectivity index (χ4v) is 5.64. The van der Waals surface area contributed by atoms with Gasteiger partial charge in [0.1, 0.15) is 11.6 Å². The molecule has 3 aliphatic heterocycles. The molecule has 1 aromatic heterocycles. The molecule has 0 atom stereocenters. The normalized spacial score (nSPS) is 18.3. The van der Waals surface area contributed by atoms with Crippen molar-refractivity contribution in [2.75, 3.05) is 37.7 Å². The third kappa shape index (κ3) is 4.33. The molecule has 34 heavy (non-hydrogen) atoms. The van der Waals surface area contributed by atoms with Gasteiger partial charge in [-0.2, -0.15) is 0 Å². The van der Waals surface area contributed by atoms with Crippen molar-refractivity contribution in [1.29, 1.82) is 0 Å². The highest BCUT2D eigenvalue weighted by Crippen LogP contribution is 2.39. The second-order valence-corrected chi connectivity index (χ2v) is 9.41. The Morgan fingerprint density at radius 2 is 1.85 bits per heavy atom. The average molecular weight is 530 g/mol. The number of rotatable bonds is 6. The summed E-state index contributed by atoms with van der Waals surface area (Å²) in [5.41, 5.74) is 5.15. The zero-order valence-electron chi connectivity index (χ0n) is 19.1. The first kappa shape index (κ1) is 23.3. The molecule has 4 heterocycles. The van der Waals surface area contributed by atoms with Crippen LogP contribution in [0.25, 0.3) is 11.0 Å².